The first-order valence-corrected chi connectivity index (χ1v) is 7.22. The molecule has 0 N–H and O–H groups in total. The van der Waals surface area contributed by atoms with Gasteiger partial charge in [-0.05, 0) is 29.2 Å². The average molecular weight is 332 g/mol. The first-order chi connectivity index (χ1) is 11.5. The fourth-order valence-corrected chi connectivity index (χ4v) is 3.25. The summed E-state index contributed by atoms with van der Waals surface area (Å²) in [7, 11) is 0. The summed E-state index contributed by atoms with van der Waals surface area (Å²) in [6.45, 7) is 0. The van der Waals surface area contributed by atoms with Crippen molar-refractivity contribution in [2.45, 2.75) is 6.42 Å². The van der Waals surface area contributed by atoms with Crippen molar-refractivity contribution in [3.05, 3.63) is 82.7 Å². The monoisotopic (exact) mass is 332 g/mol. The van der Waals surface area contributed by atoms with Crippen LogP contribution in [0.25, 0.3) is 22.3 Å². The van der Waals surface area contributed by atoms with Crippen LogP contribution in [-0.4, -0.2) is 0 Å². The van der Waals surface area contributed by atoms with Gasteiger partial charge < -0.3 is 0 Å². The molecule has 120 valence electrons. The zero-order chi connectivity index (χ0) is 17.0. The third-order valence-corrected chi connectivity index (χ3v) is 4.29. The third kappa shape index (κ3) is 1.90. The minimum atomic E-state index is -1.69. The molecular weight excluding hydrogens is 323 g/mol. The van der Waals surface area contributed by atoms with Crippen LogP contribution in [-0.2, 0) is 6.42 Å². The van der Waals surface area contributed by atoms with Crippen LogP contribution in [0.4, 0.5) is 22.0 Å². The molecule has 3 aromatic carbocycles. The van der Waals surface area contributed by atoms with Crippen molar-refractivity contribution in [3.8, 4) is 22.3 Å². The predicted molar refractivity (Wildman–Crippen MR) is 79.9 cm³/mol. The average Bonchev–Trinajstić information content (AvgIpc) is 2.97. The Morgan fingerprint density at radius 2 is 1.25 bits per heavy atom. The molecule has 24 heavy (non-hydrogen) atoms. The van der Waals surface area contributed by atoms with E-state index in [1.54, 1.807) is 30.3 Å². The second-order valence-corrected chi connectivity index (χ2v) is 5.61. The number of benzene rings is 3. The van der Waals surface area contributed by atoms with Crippen LogP contribution in [0.3, 0.4) is 0 Å². The van der Waals surface area contributed by atoms with E-state index in [0.29, 0.717) is 11.1 Å². The van der Waals surface area contributed by atoms with Gasteiger partial charge in [0, 0.05) is 16.7 Å². The Morgan fingerprint density at radius 1 is 0.583 bits per heavy atom. The van der Waals surface area contributed by atoms with Gasteiger partial charge in [0.15, 0.2) is 29.1 Å². The van der Waals surface area contributed by atoms with Crippen LogP contribution in [0.5, 0.6) is 0 Å². The fraction of sp³-hybridized carbons (Fsp3) is 0.0526. The molecule has 1 aliphatic carbocycles. The topological polar surface area (TPSA) is 0 Å². The predicted octanol–water partition coefficient (Wildman–Crippen LogP) is 5.62. The smallest absolute Gasteiger partial charge is 0.195 e. The van der Waals surface area contributed by atoms with Crippen molar-refractivity contribution in [1.82, 2.24) is 0 Å². The molecule has 0 heterocycles. The highest BCUT2D eigenvalue weighted by molar-refractivity contribution is 5.86. The molecule has 0 saturated carbocycles. The lowest BCUT2D eigenvalue weighted by atomic mass is 9.94. The molecule has 0 aliphatic heterocycles. The zero-order valence-electron chi connectivity index (χ0n) is 12.1. The maximum Gasteiger partial charge on any atom is 0.195 e. The Kier molecular flexibility index (Phi) is 3.20. The maximum absolute atomic E-state index is 14.4. The van der Waals surface area contributed by atoms with Gasteiger partial charge in [-0.25, -0.2) is 22.0 Å². The zero-order valence-corrected chi connectivity index (χ0v) is 12.1. The van der Waals surface area contributed by atoms with Crippen molar-refractivity contribution in [1.29, 1.82) is 0 Å². The minimum Gasteiger partial charge on any atom is -0.204 e. The molecule has 5 heteroatoms. The van der Waals surface area contributed by atoms with Crippen LogP contribution >= 0.6 is 0 Å². The number of fused-ring (bicyclic) bond motifs is 3. The van der Waals surface area contributed by atoms with Gasteiger partial charge in [-0.15, -0.1) is 0 Å². The van der Waals surface area contributed by atoms with Crippen molar-refractivity contribution < 1.29 is 22.0 Å². The Hall–Kier alpha value is -2.69. The number of rotatable bonds is 1. The van der Waals surface area contributed by atoms with Gasteiger partial charge in [-0.3, -0.25) is 0 Å². The van der Waals surface area contributed by atoms with Gasteiger partial charge in [0.2, 0.25) is 0 Å². The summed E-state index contributed by atoms with van der Waals surface area (Å²) in [6.07, 6.45) is 0.000213. The van der Waals surface area contributed by atoms with Crippen LogP contribution in [0.1, 0.15) is 11.1 Å². The summed E-state index contributed by atoms with van der Waals surface area (Å²) in [5.74, 6) is -6.93. The van der Waals surface area contributed by atoms with Crippen molar-refractivity contribution in [2.24, 2.45) is 0 Å². The van der Waals surface area contributed by atoms with Crippen LogP contribution < -0.4 is 0 Å². The first kappa shape index (κ1) is 14.9. The van der Waals surface area contributed by atoms with Gasteiger partial charge in [-0.1, -0.05) is 36.4 Å². The van der Waals surface area contributed by atoms with E-state index in [-0.39, 0.29) is 23.1 Å². The molecule has 0 unspecified atom stereocenters. The van der Waals surface area contributed by atoms with Gasteiger partial charge in [0.1, 0.15) is 0 Å². The SMILES string of the molecule is Fc1ccc2c(c1F)-c1c(F)c(F)c(F)c(-c3ccccc3)c1C2. The molecule has 3 aromatic rings. The molecule has 0 spiro atoms. The first-order valence-electron chi connectivity index (χ1n) is 7.22. The highest BCUT2D eigenvalue weighted by Gasteiger charge is 2.34. The van der Waals surface area contributed by atoms with E-state index >= 15 is 0 Å². The van der Waals surface area contributed by atoms with E-state index < -0.39 is 34.6 Å². The normalized spacial score (nSPS) is 12.2. The fourth-order valence-electron chi connectivity index (χ4n) is 3.25. The highest BCUT2D eigenvalue weighted by Crippen LogP contribution is 2.46. The molecule has 0 radical (unpaired) electrons. The minimum absolute atomic E-state index is 0.000213. The molecule has 0 nitrogen and oxygen atoms in total. The van der Waals surface area contributed by atoms with Crippen molar-refractivity contribution in [3.63, 3.8) is 0 Å². The second-order valence-electron chi connectivity index (χ2n) is 5.61. The van der Waals surface area contributed by atoms with Crippen molar-refractivity contribution >= 4 is 0 Å². The number of halogens is 5. The summed E-state index contributed by atoms with van der Waals surface area (Å²) >= 11 is 0. The van der Waals surface area contributed by atoms with E-state index in [1.807, 2.05) is 0 Å². The Labute approximate surface area is 134 Å². The molecule has 0 saturated heterocycles. The summed E-state index contributed by atoms with van der Waals surface area (Å²) in [4.78, 5) is 0. The van der Waals surface area contributed by atoms with Crippen LogP contribution in [0.2, 0.25) is 0 Å². The number of hydrogen-bond donors (Lipinski definition) is 0. The van der Waals surface area contributed by atoms with Crippen molar-refractivity contribution in [2.75, 3.05) is 0 Å². The van der Waals surface area contributed by atoms with E-state index in [0.717, 1.165) is 6.07 Å². The molecule has 0 aromatic heterocycles. The largest absolute Gasteiger partial charge is 0.204 e. The molecule has 1 aliphatic rings. The lowest BCUT2D eigenvalue weighted by Crippen LogP contribution is -2.02. The molecular formula is C19H9F5. The van der Waals surface area contributed by atoms with Gasteiger partial charge >= 0.3 is 0 Å². The van der Waals surface area contributed by atoms with Gasteiger partial charge in [-0.2, -0.15) is 0 Å². The molecule has 0 bridgehead atoms. The lowest BCUT2D eigenvalue weighted by Gasteiger charge is -2.13. The molecule has 4 rings (SSSR count). The van der Waals surface area contributed by atoms with E-state index in [1.165, 1.54) is 6.07 Å². The highest BCUT2D eigenvalue weighted by atomic mass is 19.2. The number of hydrogen-bond acceptors (Lipinski definition) is 0. The van der Waals surface area contributed by atoms with Crippen LogP contribution in [0.15, 0.2) is 42.5 Å². The second kappa shape index (κ2) is 5.16. The Balaban J connectivity index is 2.12. The summed E-state index contributed by atoms with van der Waals surface area (Å²) in [5.41, 5.74) is -0.0974. The van der Waals surface area contributed by atoms with Gasteiger partial charge in [0.25, 0.3) is 0 Å². The van der Waals surface area contributed by atoms with E-state index in [2.05, 4.69) is 0 Å². The van der Waals surface area contributed by atoms with E-state index in [9.17, 15) is 22.0 Å². The molecule has 0 atom stereocenters. The third-order valence-electron chi connectivity index (χ3n) is 4.29. The lowest BCUT2D eigenvalue weighted by molar-refractivity contribution is 0.449. The van der Waals surface area contributed by atoms with E-state index in [4.69, 9.17) is 0 Å². The standard InChI is InChI=1S/C19H9F5/c20-12-7-6-10-8-11-13(9-4-2-1-3-5-9)17(22)19(24)18(23)15(11)14(10)16(12)21/h1-7H,8H2. The van der Waals surface area contributed by atoms with Gasteiger partial charge in [0.05, 0.1) is 0 Å². The Bertz CT molecular complexity index is 977. The summed E-state index contributed by atoms with van der Waals surface area (Å²) in [5, 5.41) is 0. The molecule has 0 amide bonds. The summed E-state index contributed by atoms with van der Waals surface area (Å²) in [6, 6.07) is 10.3. The molecule has 0 fully saturated rings. The Morgan fingerprint density at radius 3 is 1.96 bits per heavy atom. The summed E-state index contributed by atoms with van der Waals surface area (Å²) < 4.78 is 70.6. The quantitative estimate of drug-likeness (QED) is 0.313. The van der Waals surface area contributed by atoms with Crippen LogP contribution in [0, 0.1) is 29.1 Å². The maximum atomic E-state index is 14.4.